The minimum absolute atomic E-state index is 0.0281. The normalized spacial score (nSPS) is 38.8. The molecule has 296 valence electrons. The van der Waals surface area contributed by atoms with Gasteiger partial charge in [0, 0.05) is 19.2 Å². The number of unbranched alkanes of at least 4 members (excludes halogenated alkanes) is 4. The Morgan fingerprint density at radius 1 is 0.774 bits per heavy atom. The zero-order valence-electron chi connectivity index (χ0n) is 34.1. The van der Waals surface area contributed by atoms with Gasteiger partial charge in [-0.2, -0.15) is 0 Å². The molecule has 0 bridgehead atoms. The minimum atomic E-state index is -0.227. The fraction of sp³-hybridized carbons (Fsp3) is 0.783. The van der Waals surface area contributed by atoms with Gasteiger partial charge in [0.1, 0.15) is 0 Å². The molecule has 5 aliphatic carbocycles. The number of hydrogen-bond acceptors (Lipinski definition) is 5. The number of aliphatic hydroxyl groups excluding tert-OH is 1. The van der Waals surface area contributed by atoms with Crippen molar-refractivity contribution in [3.63, 3.8) is 0 Å². The molecule has 7 heteroatoms. The Labute approximate surface area is 320 Å². The molecule has 0 radical (unpaired) electrons. The molecule has 7 nitrogen and oxygen atoms in total. The Morgan fingerprint density at radius 3 is 2.17 bits per heavy atom. The number of carbonyl (C=O) groups excluding carboxylic acids is 2. The van der Waals surface area contributed by atoms with Gasteiger partial charge in [-0.25, -0.2) is 0 Å². The molecular formula is C46H72N2O5. The second-order valence-electron chi connectivity index (χ2n) is 20.1. The van der Waals surface area contributed by atoms with Crippen molar-refractivity contribution in [2.45, 2.75) is 151 Å². The van der Waals surface area contributed by atoms with Crippen molar-refractivity contribution in [1.82, 2.24) is 10.6 Å². The number of carbonyl (C=O) groups is 2. The predicted octanol–water partition coefficient (Wildman–Crippen LogP) is 9.39. The number of rotatable bonds is 12. The van der Waals surface area contributed by atoms with Crippen LogP contribution in [0, 0.1) is 62.6 Å². The molecule has 0 aromatic heterocycles. The predicted molar refractivity (Wildman–Crippen MR) is 213 cm³/mol. The highest BCUT2D eigenvalue weighted by atomic mass is 16.3. The Bertz CT molecular complexity index is 1520. The number of fused-ring (bicyclic) bond motifs is 7. The molecule has 2 amide bonds. The van der Waals surface area contributed by atoms with Gasteiger partial charge in [-0.3, -0.25) is 9.59 Å². The largest absolute Gasteiger partial charge is 0.504 e. The summed E-state index contributed by atoms with van der Waals surface area (Å²) in [5.74, 6) is 3.30. The second kappa shape index (κ2) is 15.2. The minimum Gasteiger partial charge on any atom is -0.504 e. The monoisotopic (exact) mass is 733 g/mol. The van der Waals surface area contributed by atoms with Crippen LogP contribution < -0.4 is 10.6 Å². The summed E-state index contributed by atoms with van der Waals surface area (Å²) in [6, 6.07) is 4.46. The van der Waals surface area contributed by atoms with Crippen molar-refractivity contribution in [3.05, 3.63) is 29.8 Å². The number of hydrogen-bond donors (Lipinski definition) is 5. The van der Waals surface area contributed by atoms with Gasteiger partial charge in [0.25, 0.3) is 0 Å². The van der Waals surface area contributed by atoms with Crippen LogP contribution in [0.4, 0.5) is 0 Å². The molecule has 0 saturated heterocycles. The van der Waals surface area contributed by atoms with E-state index in [0.717, 1.165) is 64.3 Å². The van der Waals surface area contributed by atoms with E-state index in [9.17, 15) is 24.9 Å². The van der Waals surface area contributed by atoms with Crippen LogP contribution in [0.2, 0.25) is 0 Å². The number of benzene rings is 1. The number of nitrogens with one attached hydrogen (secondary N) is 2. The van der Waals surface area contributed by atoms with Gasteiger partial charge >= 0.3 is 0 Å². The van der Waals surface area contributed by atoms with Gasteiger partial charge in [0.15, 0.2) is 11.5 Å². The molecule has 1 aromatic carbocycles. The van der Waals surface area contributed by atoms with E-state index in [-0.39, 0.29) is 50.6 Å². The van der Waals surface area contributed by atoms with Gasteiger partial charge < -0.3 is 26.0 Å². The average Bonchev–Trinajstić information content (AvgIpc) is 3.51. The van der Waals surface area contributed by atoms with E-state index in [1.54, 1.807) is 12.1 Å². The van der Waals surface area contributed by atoms with E-state index < -0.39 is 0 Å². The Hall–Kier alpha value is -2.54. The van der Waals surface area contributed by atoms with Crippen molar-refractivity contribution in [2.24, 2.45) is 62.6 Å². The first-order chi connectivity index (χ1) is 25.0. The number of phenols is 2. The van der Waals surface area contributed by atoms with Gasteiger partial charge in [-0.15, -0.1) is 0 Å². The lowest BCUT2D eigenvalue weighted by Gasteiger charge is -2.73. The average molecular weight is 733 g/mol. The summed E-state index contributed by atoms with van der Waals surface area (Å²) < 4.78 is 0. The summed E-state index contributed by atoms with van der Waals surface area (Å²) >= 11 is 0. The van der Waals surface area contributed by atoms with Crippen LogP contribution in [-0.2, 0) is 9.59 Å². The van der Waals surface area contributed by atoms with Gasteiger partial charge in [0.05, 0.1) is 11.5 Å². The van der Waals surface area contributed by atoms with Gasteiger partial charge in [-0.1, -0.05) is 73.8 Å². The summed E-state index contributed by atoms with van der Waals surface area (Å²) in [6.45, 7) is 18.8. The third-order valence-corrected chi connectivity index (χ3v) is 17.1. The molecule has 10 atom stereocenters. The van der Waals surface area contributed by atoms with Crippen LogP contribution in [0.3, 0.4) is 0 Å². The molecule has 4 unspecified atom stereocenters. The summed E-state index contributed by atoms with van der Waals surface area (Å²) in [5, 5.41) is 36.6. The fourth-order valence-corrected chi connectivity index (χ4v) is 14.0. The first-order valence-corrected chi connectivity index (χ1v) is 21.5. The highest BCUT2D eigenvalue weighted by Gasteiger charge is 2.71. The molecule has 5 N–H and O–H groups in total. The van der Waals surface area contributed by atoms with Crippen LogP contribution in [0.1, 0.15) is 150 Å². The van der Waals surface area contributed by atoms with Crippen LogP contribution in [0.25, 0.3) is 6.08 Å². The first-order valence-electron chi connectivity index (χ1n) is 21.5. The first kappa shape index (κ1) is 40.1. The Balaban J connectivity index is 1.01. The number of aliphatic hydroxyl groups is 1. The van der Waals surface area contributed by atoms with Crippen molar-refractivity contribution in [3.8, 4) is 11.5 Å². The highest BCUT2D eigenvalue weighted by Crippen LogP contribution is 2.77. The van der Waals surface area contributed by atoms with Gasteiger partial charge in [-0.05, 0) is 158 Å². The third-order valence-electron chi connectivity index (χ3n) is 17.1. The van der Waals surface area contributed by atoms with E-state index >= 15 is 0 Å². The summed E-state index contributed by atoms with van der Waals surface area (Å²) in [4.78, 5) is 26.6. The van der Waals surface area contributed by atoms with E-state index in [1.165, 1.54) is 56.7 Å². The molecule has 5 fully saturated rings. The van der Waals surface area contributed by atoms with E-state index in [2.05, 4.69) is 59.1 Å². The lowest BCUT2D eigenvalue weighted by Crippen LogP contribution is -2.67. The maximum atomic E-state index is 14.5. The molecule has 53 heavy (non-hydrogen) atoms. The number of phenolic OH excluding ortho intramolecular Hbond substituents is 2. The third kappa shape index (κ3) is 6.97. The molecule has 5 saturated carbocycles. The maximum Gasteiger partial charge on any atom is 0.243 e. The smallest absolute Gasteiger partial charge is 0.243 e. The van der Waals surface area contributed by atoms with E-state index in [1.807, 2.05) is 0 Å². The SMILES string of the molecule is CC(C)[C@@H]1CC[C@]2(C(=O)NCCCCCCCNC(=O)/C=C/c3ccc(O)c(O)c3)CC[C@]3(C)C(CCC4[C@@]5(C)CC[C@H](O)C(C)(C)C5CC[C@]43C)C12. The zero-order chi connectivity index (χ0) is 38.4. The molecular weight excluding hydrogens is 661 g/mol. The van der Waals surface area contributed by atoms with Crippen molar-refractivity contribution in [1.29, 1.82) is 0 Å². The number of aromatic hydroxyl groups is 2. The summed E-state index contributed by atoms with van der Waals surface area (Å²) in [7, 11) is 0. The maximum absolute atomic E-state index is 14.5. The molecule has 0 spiro atoms. The fourth-order valence-electron chi connectivity index (χ4n) is 14.0. The zero-order valence-corrected chi connectivity index (χ0v) is 34.1. The van der Waals surface area contributed by atoms with Gasteiger partial charge in [0.2, 0.25) is 11.8 Å². The van der Waals surface area contributed by atoms with E-state index in [4.69, 9.17) is 0 Å². The topological polar surface area (TPSA) is 119 Å². The quantitative estimate of drug-likeness (QED) is 0.0834. The molecule has 6 rings (SSSR count). The second-order valence-corrected chi connectivity index (χ2v) is 20.1. The molecule has 5 aliphatic rings. The summed E-state index contributed by atoms with van der Waals surface area (Å²) in [6.07, 6.45) is 19.5. The lowest BCUT2D eigenvalue weighted by molar-refractivity contribution is -0.248. The van der Waals surface area contributed by atoms with Crippen LogP contribution in [-0.4, -0.2) is 46.3 Å². The number of amides is 2. The molecule has 0 heterocycles. The Morgan fingerprint density at radius 2 is 1.47 bits per heavy atom. The lowest BCUT2D eigenvalue weighted by atomic mass is 9.32. The van der Waals surface area contributed by atoms with Crippen molar-refractivity contribution in [2.75, 3.05) is 13.1 Å². The molecule has 0 aliphatic heterocycles. The van der Waals surface area contributed by atoms with Crippen molar-refractivity contribution >= 4 is 17.9 Å². The Kier molecular flexibility index (Phi) is 11.5. The van der Waals surface area contributed by atoms with E-state index in [0.29, 0.717) is 53.5 Å². The highest BCUT2D eigenvalue weighted by molar-refractivity contribution is 5.91. The van der Waals surface area contributed by atoms with Crippen LogP contribution >= 0.6 is 0 Å². The van der Waals surface area contributed by atoms with Crippen LogP contribution in [0.15, 0.2) is 24.3 Å². The van der Waals surface area contributed by atoms with Crippen molar-refractivity contribution < 1.29 is 24.9 Å². The standard InChI is InChI=1S/C46H72N2O5/c1-30(2)32-19-24-46(41(53)48-28-12-10-8-9-11-27-47-39(52)18-14-31-13-16-34(49)35(50)29-31)26-25-44(6)33(40(32)46)15-17-37-43(5)22-21-38(51)42(3,4)36(43)20-23-45(37,44)7/h13-14,16,18,29-30,32-33,36-38,40,49-51H,8-12,15,17,19-28H2,1-7H3,(H,47,52)(H,48,53)/b18-14+/t32-,33?,36?,37?,38-,40?,43-,44+,45+,46-/m0/s1. The summed E-state index contributed by atoms with van der Waals surface area (Å²) in [5.41, 5.74) is 1.17. The molecule has 1 aromatic rings. The van der Waals surface area contributed by atoms with Crippen LogP contribution in [0.5, 0.6) is 11.5 Å².